The lowest BCUT2D eigenvalue weighted by Gasteiger charge is -2.32. The number of aromatic amines is 1. The quantitative estimate of drug-likeness (QED) is 0.858. The van der Waals surface area contributed by atoms with Crippen molar-refractivity contribution in [3.63, 3.8) is 0 Å². The number of nitrogens with one attached hydrogen (secondary N) is 2. The number of piperidine rings is 1. The molecule has 3 rings (SSSR count). The van der Waals surface area contributed by atoms with E-state index in [9.17, 15) is 22.8 Å². The number of carbonyl (C=O) groups excluding carboxylic acids is 2. The first kappa shape index (κ1) is 17.8. The van der Waals surface area contributed by atoms with Crippen LogP contribution in [0.15, 0.2) is 24.3 Å². The minimum Gasteiger partial charge on any atom is -0.338 e. The van der Waals surface area contributed by atoms with E-state index in [-0.39, 0.29) is 24.0 Å². The average molecular weight is 368 g/mol. The van der Waals surface area contributed by atoms with Crippen molar-refractivity contribution in [2.24, 2.45) is 5.92 Å². The van der Waals surface area contributed by atoms with Crippen molar-refractivity contribution in [3.8, 4) is 0 Å². The van der Waals surface area contributed by atoms with Gasteiger partial charge in [0.1, 0.15) is 0 Å². The van der Waals surface area contributed by atoms with Gasteiger partial charge in [-0.25, -0.2) is 5.10 Å². The highest BCUT2D eigenvalue weighted by molar-refractivity contribution is 5.96. The molecule has 0 radical (unpaired) electrons. The van der Waals surface area contributed by atoms with E-state index in [1.165, 1.54) is 17.0 Å². The van der Waals surface area contributed by atoms with Crippen LogP contribution < -0.4 is 5.32 Å². The van der Waals surface area contributed by atoms with Crippen molar-refractivity contribution >= 4 is 17.8 Å². The molecule has 138 valence electrons. The summed E-state index contributed by atoms with van der Waals surface area (Å²) in [6.45, 7) is 0.491. The topological polar surface area (TPSA) is 104 Å². The molecule has 0 bridgehead atoms. The van der Waals surface area contributed by atoms with Crippen LogP contribution >= 0.6 is 0 Å². The molecule has 0 unspecified atom stereocenters. The Morgan fingerprint density at radius 3 is 2.81 bits per heavy atom. The van der Waals surface area contributed by atoms with Crippen molar-refractivity contribution in [2.45, 2.75) is 19.0 Å². The Balaban J connectivity index is 1.69. The van der Waals surface area contributed by atoms with Gasteiger partial charge in [-0.15, -0.1) is 0 Å². The maximum absolute atomic E-state index is 12.8. The van der Waals surface area contributed by atoms with Gasteiger partial charge in [-0.05, 0) is 41.5 Å². The predicted octanol–water partition coefficient (Wildman–Crippen LogP) is 1.71. The fourth-order valence-electron chi connectivity index (χ4n) is 2.82. The molecule has 1 aromatic heterocycles. The molecule has 0 aliphatic carbocycles. The largest absolute Gasteiger partial charge is 0.416 e. The minimum absolute atomic E-state index is 0.0553. The molecule has 1 aliphatic heterocycles. The lowest BCUT2D eigenvalue weighted by Crippen LogP contribution is -2.43. The van der Waals surface area contributed by atoms with Crippen LogP contribution in [0, 0.1) is 5.92 Å². The van der Waals surface area contributed by atoms with Gasteiger partial charge in [0.05, 0.1) is 11.5 Å². The number of alkyl halides is 3. The lowest BCUT2D eigenvalue weighted by atomic mass is 9.96. The van der Waals surface area contributed by atoms with E-state index in [0.717, 1.165) is 12.1 Å². The van der Waals surface area contributed by atoms with Gasteiger partial charge in [-0.3, -0.25) is 14.9 Å². The number of amides is 2. The van der Waals surface area contributed by atoms with E-state index in [1.54, 1.807) is 0 Å². The number of halogens is 3. The van der Waals surface area contributed by atoms with Crippen LogP contribution in [0.3, 0.4) is 0 Å². The molecule has 2 amide bonds. The molecule has 2 heterocycles. The number of anilines is 1. The Labute approximate surface area is 145 Å². The van der Waals surface area contributed by atoms with Crippen LogP contribution in [0.1, 0.15) is 28.8 Å². The Hall–Kier alpha value is -2.98. The van der Waals surface area contributed by atoms with Gasteiger partial charge in [0.25, 0.3) is 5.91 Å². The van der Waals surface area contributed by atoms with Crippen molar-refractivity contribution < 1.29 is 22.8 Å². The SMILES string of the molecule is O=C(Nc1nnn[nH]1)[C@@H]1CCCN(C(=O)c2cccc(C(F)(F)F)c2)C1. The highest BCUT2D eigenvalue weighted by Crippen LogP contribution is 2.30. The Kier molecular flexibility index (Phi) is 4.87. The van der Waals surface area contributed by atoms with Crippen molar-refractivity contribution in [1.82, 2.24) is 25.5 Å². The second-order valence-electron chi connectivity index (χ2n) is 5.91. The van der Waals surface area contributed by atoms with E-state index < -0.39 is 23.6 Å². The fraction of sp³-hybridized carbons (Fsp3) is 0.400. The summed E-state index contributed by atoms with van der Waals surface area (Å²) in [6, 6.07) is 4.27. The summed E-state index contributed by atoms with van der Waals surface area (Å²) < 4.78 is 38.5. The Morgan fingerprint density at radius 2 is 2.12 bits per heavy atom. The number of hydrogen-bond acceptors (Lipinski definition) is 5. The number of rotatable bonds is 3. The highest BCUT2D eigenvalue weighted by atomic mass is 19.4. The van der Waals surface area contributed by atoms with Gasteiger partial charge in [0, 0.05) is 18.7 Å². The summed E-state index contributed by atoms with van der Waals surface area (Å²) in [7, 11) is 0. The maximum atomic E-state index is 12.8. The first-order chi connectivity index (χ1) is 12.3. The van der Waals surface area contributed by atoms with Crippen LogP contribution in [0.4, 0.5) is 19.1 Å². The normalized spacial score (nSPS) is 17.8. The second-order valence-corrected chi connectivity index (χ2v) is 5.91. The summed E-state index contributed by atoms with van der Waals surface area (Å²) in [5, 5.41) is 15.1. The summed E-state index contributed by atoms with van der Waals surface area (Å²) in [4.78, 5) is 26.2. The molecule has 1 atom stereocenters. The van der Waals surface area contributed by atoms with Gasteiger partial charge in [0.2, 0.25) is 11.9 Å². The molecule has 2 aromatic rings. The first-order valence-corrected chi connectivity index (χ1v) is 7.86. The minimum atomic E-state index is -4.52. The van der Waals surface area contributed by atoms with E-state index in [2.05, 4.69) is 25.9 Å². The number of hydrogen-bond donors (Lipinski definition) is 2. The fourth-order valence-corrected chi connectivity index (χ4v) is 2.82. The van der Waals surface area contributed by atoms with Crippen molar-refractivity contribution in [3.05, 3.63) is 35.4 Å². The summed E-state index contributed by atoms with van der Waals surface area (Å²) in [5.74, 6) is -1.29. The molecule has 0 saturated carbocycles. The molecule has 11 heteroatoms. The van der Waals surface area contributed by atoms with Gasteiger partial charge in [-0.1, -0.05) is 11.2 Å². The predicted molar refractivity (Wildman–Crippen MR) is 82.9 cm³/mol. The summed E-state index contributed by atoms with van der Waals surface area (Å²) >= 11 is 0. The zero-order valence-corrected chi connectivity index (χ0v) is 13.5. The third kappa shape index (κ3) is 3.98. The van der Waals surface area contributed by atoms with E-state index >= 15 is 0 Å². The van der Waals surface area contributed by atoms with Crippen LogP contribution in [0.5, 0.6) is 0 Å². The molecule has 8 nitrogen and oxygen atoms in total. The van der Waals surface area contributed by atoms with Crippen molar-refractivity contribution in [2.75, 3.05) is 18.4 Å². The smallest absolute Gasteiger partial charge is 0.338 e. The molecular weight excluding hydrogens is 353 g/mol. The summed E-state index contributed by atoms with van der Waals surface area (Å²) in [6.07, 6.45) is -3.40. The standard InChI is InChI=1S/C15H15F3N6O2/c16-15(17,18)11-5-1-3-9(7-11)13(26)24-6-2-4-10(8-24)12(25)19-14-20-22-23-21-14/h1,3,5,7,10H,2,4,6,8H2,(H2,19,20,21,22,23,25)/t10-/m1/s1. The first-order valence-electron chi connectivity index (χ1n) is 7.86. The van der Waals surface area contributed by atoms with Crippen LogP contribution in [-0.4, -0.2) is 50.4 Å². The van der Waals surface area contributed by atoms with Gasteiger partial charge >= 0.3 is 6.18 Å². The molecule has 1 saturated heterocycles. The molecular formula is C15H15F3N6O2. The highest BCUT2D eigenvalue weighted by Gasteiger charge is 2.33. The number of carbonyl (C=O) groups is 2. The second kappa shape index (κ2) is 7.10. The van der Waals surface area contributed by atoms with E-state index in [4.69, 9.17) is 0 Å². The molecule has 1 fully saturated rings. The third-order valence-electron chi connectivity index (χ3n) is 4.10. The lowest BCUT2D eigenvalue weighted by molar-refractivity contribution is -0.137. The van der Waals surface area contributed by atoms with Gasteiger partial charge in [0.15, 0.2) is 0 Å². The van der Waals surface area contributed by atoms with Crippen LogP contribution in [-0.2, 0) is 11.0 Å². The number of aromatic nitrogens is 4. The molecule has 2 N–H and O–H groups in total. The maximum Gasteiger partial charge on any atom is 0.416 e. The van der Waals surface area contributed by atoms with E-state index in [1.807, 2.05) is 0 Å². The van der Waals surface area contributed by atoms with Crippen molar-refractivity contribution in [1.29, 1.82) is 0 Å². The molecule has 26 heavy (non-hydrogen) atoms. The third-order valence-corrected chi connectivity index (χ3v) is 4.10. The Morgan fingerprint density at radius 1 is 1.31 bits per heavy atom. The summed E-state index contributed by atoms with van der Waals surface area (Å²) in [5.41, 5.74) is -0.937. The van der Waals surface area contributed by atoms with Gasteiger partial charge in [-0.2, -0.15) is 13.2 Å². The molecule has 0 spiro atoms. The number of H-pyrrole nitrogens is 1. The number of likely N-dealkylation sites (tertiary alicyclic amines) is 1. The zero-order valence-electron chi connectivity index (χ0n) is 13.5. The Bertz CT molecular complexity index is 793. The van der Waals surface area contributed by atoms with Gasteiger partial charge < -0.3 is 4.90 Å². The number of benzene rings is 1. The van der Waals surface area contributed by atoms with E-state index in [0.29, 0.717) is 19.4 Å². The molecule has 1 aliphatic rings. The average Bonchev–Trinajstić information content (AvgIpc) is 3.13. The molecule has 1 aromatic carbocycles. The zero-order chi connectivity index (χ0) is 18.7. The number of nitrogens with zero attached hydrogens (tertiary/aromatic N) is 4. The monoisotopic (exact) mass is 368 g/mol. The van der Waals surface area contributed by atoms with Crippen LogP contribution in [0.25, 0.3) is 0 Å². The number of tetrazole rings is 1. The van der Waals surface area contributed by atoms with Crippen LogP contribution in [0.2, 0.25) is 0 Å².